The van der Waals surface area contributed by atoms with E-state index in [4.69, 9.17) is 0 Å². The van der Waals surface area contributed by atoms with Crippen LogP contribution in [0.15, 0.2) is 17.0 Å². The SMILES string of the molecule is O=C(Nc1cnc(Br)cn1)N1CCCCCC1. The third-order valence-electron chi connectivity index (χ3n) is 2.75. The lowest BCUT2D eigenvalue weighted by molar-refractivity contribution is 0.213. The topological polar surface area (TPSA) is 58.1 Å². The van der Waals surface area contributed by atoms with Gasteiger partial charge in [0, 0.05) is 13.1 Å². The van der Waals surface area contributed by atoms with Crippen LogP contribution in [0.3, 0.4) is 0 Å². The largest absolute Gasteiger partial charge is 0.325 e. The van der Waals surface area contributed by atoms with E-state index in [9.17, 15) is 4.79 Å². The summed E-state index contributed by atoms with van der Waals surface area (Å²) < 4.78 is 0.658. The van der Waals surface area contributed by atoms with Gasteiger partial charge >= 0.3 is 6.03 Å². The number of nitrogens with zero attached hydrogens (tertiary/aromatic N) is 3. The molecule has 2 amide bonds. The summed E-state index contributed by atoms with van der Waals surface area (Å²) in [7, 11) is 0. The molecule has 5 nitrogen and oxygen atoms in total. The molecule has 1 aliphatic heterocycles. The summed E-state index contributed by atoms with van der Waals surface area (Å²) in [6.07, 6.45) is 7.69. The molecule has 0 spiro atoms. The summed E-state index contributed by atoms with van der Waals surface area (Å²) in [5.41, 5.74) is 0. The highest BCUT2D eigenvalue weighted by Crippen LogP contribution is 2.12. The summed E-state index contributed by atoms with van der Waals surface area (Å²) in [4.78, 5) is 21.9. The Morgan fingerprint density at radius 1 is 1.18 bits per heavy atom. The van der Waals surface area contributed by atoms with Crippen molar-refractivity contribution in [1.29, 1.82) is 0 Å². The van der Waals surface area contributed by atoms with Crippen molar-refractivity contribution in [2.24, 2.45) is 0 Å². The molecule has 0 radical (unpaired) electrons. The Bertz CT molecular complexity index is 374. The molecular formula is C11H15BrN4O. The molecule has 2 rings (SSSR count). The molecule has 1 saturated heterocycles. The van der Waals surface area contributed by atoms with E-state index in [-0.39, 0.29) is 6.03 Å². The second kappa shape index (κ2) is 5.95. The van der Waals surface area contributed by atoms with Crippen molar-refractivity contribution in [3.63, 3.8) is 0 Å². The number of rotatable bonds is 1. The highest BCUT2D eigenvalue weighted by atomic mass is 79.9. The zero-order valence-corrected chi connectivity index (χ0v) is 11.1. The monoisotopic (exact) mass is 298 g/mol. The zero-order valence-electron chi connectivity index (χ0n) is 9.53. The van der Waals surface area contributed by atoms with Gasteiger partial charge in [-0.1, -0.05) is 12.8 Å². The minimum Gasteiger partial charge on any atom is -0.325 e. The molecule has 0 atom stereocenters. The number of carbonyl (C=O) groups excluding carboxylic acids is 1. The van der Waals surface area contributed by atoms with Crippen molar-refractivity contribution in [2.45, 2.75) is 25.7 Å². The quantitative estimate of drug-likeness (QED) is 0.867. The molecule has 0 saturated carbocycles. The number of hydrogen-bond donors (Lipinski definition) is 1. The van der Waals surface area contributed by atoms with Crippen LogP contribution in [-0.4, -0.2) is 34.0 Å². The molecule has 2 heterocycles. The van der Waals surface area contributed by atoms with E-state index in [1.54, 1.807) is 12.4 Å². The molecular weight excluding hydrogens is 284 g/mol. The minimum absolute atomic E-state index is 0.0801. The third kappa shape index (κ3) is 3.66. The van der Waals surface area contributed by atoms with Gasteiger partial charge in [0.25, 0.3) is 0 Å². The van der Waals surface area contributed by atoms with Crippen LogP contribution in [0.4, 0.5) is 10.6 Å². The summed E-state index contributed by atoms with van der Waals surface area (Å²) >= 11 is 3.20. The Balaban J connectivity index is 1.93. The maximum atomic E-state index is 11.9. The number of hydrogen-bond acceptors (Lipinski definition) is 3. The van der Waals surface area contributed by atoms with Crippen molar-refractivity contribution < 1.29 is 4.79 Å². The predicted octanol–water partition coefficient (Wildman–Crippen LogP) is 2.65. The lowest BCUT2D eigenvalue weighted by Crippen LogP contribution is -2.35. The summed E-state index contributed by atoms with van der Waals surface area (Å²) in [5, 5.41) is 2.76. The number of nitrogens with one attached hydrogen (secondary N) is 1. The third-order valence-corrected chi connectivity index (χ3v) is 3.16. The molecule has 6 heteroatoms. The lowest BCUT2D eigenvalue weighted by Gasteiger charge is -2.20. The molecule has 0 aromatic carbocycles. The standard InChI is InChI=1S/C11H15BrN4O/c12-9-7-14-10(8-13-9)15-11(17)16-5-3-1-2-4-6-16/h7-8H,1-6H2,(H,14,15,17). The first-order chi connectivity index (χ1) is 8.25. The molecule has 17 heavy (non-hydrogen) atoms. The van der Waals surface area contributed by atoms with E-state index in [1.165, 1.54) is 12.8 Å². The van der Waals surface area contributed by atoms with Crippen LogP contribution in [0.5, 0.6) is 0 Å². The van der Waals surface area contributed by atoms with Crippen molar-refractivity contribution >= 4 is 27.8 Å². The van der Waals surface area contributed by atoms with Crippen LogP contribution in [-0.2, 0) is 0 Å². The molecule has 92 valence electrons. The summed E-state index contributed by atoms with van der Waals surface area (Å²) in [6, 6.07) is -0.0801. The molecule has 1 fully saturated rings. The molecule has 1 N–H and O–H groups in total. The average Bonchev–Trinajstić information content (AvgIpc) is 2.61. The van der Waals surface area contributed by atoms with Gasteiger partial charge in [-0.2, -0.15) is 0 Å². The van der Waals surface area contributed by atoms with E-state index in [1.807, 2.05) is 4.90 Å². The molecule has 0 aliphatic carbocycles. The second-order valence-corrected chi connectivity index (χ2v) is 4.87. The molecule has 1 aliphatic rings. The highest BCUT2D eigenvalue weighted by molar-refractivity contribution is 9.10. The van der Waals surface area contributed by atoms with Gasteiger partial charge < -0.3 is 4.90 Å². The number of urea groups is 1. The van der Waals surface area contributed by atoms with Crippen molar-refractivity contribution in [3.05, 3.63) is 17.0 Å². The van der Waals surface area contributed by atoms with Gasteiger partial charge in [-0.05, 0) is 28.8 Å². The van der Waals surface area contributed by atoms with Gasteiger partial charge in [0.15, 0.2) is 5.82 Å². The first-order valence-electron chi connectivity index (χ1n) is 5.79. The van der Waals surface area contributed by atoms with Gasteiger partial charge in [0.1, 0.15) is 4.60 Å². The predicted molar refractivity (Wildman–Crippen MR) is 68.8 cm³/mol. The number of halogens is 1. The lowest BCUT2D eigenvalue weighted by atomic mass is 10.2. The van der Waals surface area contributed by atoms with Crippen molar-refractivity contribution in [2.75, 3.05) is 18.4 Å². The second-order valence-electron chi connectivity index (χ2n) is 4.06. The number of anilines is 1. The summed E-state index contributed by atoms with van der Waals surface area (Å²) in [5.74, 6) is 0.488. The average molecular weight is 299 g/mol. The van der Waals surface area contributed by atoms with E-state index in [2.05, 4.69) is 31.2 Å². The van der Waals surface area contributed by atoms with Crippen LogP contribution < -0.4 is 5.32 Å². The number of likely N-dealkylation sites (tertiary alicyclic amines) is 1. The van der Waals surface area contributed by atoms with Crippen molar-refractivity contribution in [3.8, 4) is 0 Å². The normalized spacial score (nSPS) is 16.4. The maximum absolute atomic E-state index is 11.9. The van der Waals surface area contributed by atoms with Gasteiger partial charge in [0.2, 0.25) is 0 Å². The Kier molecular flexibility index (Phi) is 4.30. The van der Waals surface area contributed by atoms with Crippen LogP contribution in [0.1, 0.15) is 25.7 Å². The number of carbonyl (C=O) groups is 1. The Morgan fingerprint density at radius 3 is 2.47 bits per heavy atom. The molecule has 1 aromatic rings. The fraction of sp³-hybridized carbons (Fsp3) is 0.545. The molecule has 1 aromatic heterocycles. The van der Waals surface area contributed by atoms with Crippen LogP contribution in [0.2, 0.25) is 0 Å². The summed E-state index contributed by atoms with van der Waals surface area (Å²) in [6.45, 7) is 1.66. The van der Waals surface area contributed by atoms with Gasteiger partial charge in [-0.3, -0.25) is 5.32 Å². The smallest absolute Gasteiger partial charge is 0.323 e. The molecule has 0 unspecified atom stereocenters. The Labute approximate surface area is 109 Å². The van der Waals surface area contributed by atoms with E-state index in [0.29, 0.717) is 10.4 Å². The van der Waals surface area contributed by atoms with E-state index < -0.39 is 0 Å². The van der Waals surface area contributed by atoms with E-state index >= 15 is 0 Å². The van der Waals surface area contributed by atoms with Crippen LogP contribution in [0.25, 0.3) is 0 Å². The fourth-order valence-electron chi connectivity index (χ4n) is 1.84. The van der Waals surface area contributed by atoms with Crippen molar-refractivity contribution in [1.82, 2.24) is 14.9 Å². The Hall–Kier alpha value is -1.17. The van der Waals surface area contributed by atoms with Crippen LogP contribution in [0, 0.1) is 0 Å². The number of amides is 2. The fourth-order valence-corrected chi connectivity index (χ4v) is 2.04. The number of aromatic nitrogens is 2. The minimum atomic E-state index is -0.0801. The first kappa shape index (κ1) is 12.3. The zero-order chi connectivity index (χ0) is 12.1. The van der Waals surface area contributed by atoms with Gasteiger partial charge in [-0.15, -0.1) is 0 Å². The molecule has 0 bridgehead atoms. The van der Waals surface area contributed by atoms with Gasteiger partial charge in [-0.25, -0.2) is 14.8 Å². The van der Waals surface area contributed by atoms with E-state index in [0.717, 1.165) is 25.9 Å². The Morgan fingerprint density at radius 2 is 1.88 bits per heavy atom. The van der Waals surface area contributed by atoms with Crippen LogP contribution >= 0.6 is 15.9 Å². The first-order valence-corrected chi connectivity index (χ1v) is 6.58. The maximum Gasteiger partial charge on any atom is 0.323 e. The van der Waals surface area contributed by atoms with Gasteiger partial charge in [0.05, 0.1) is 12.4 Å². The highest BCUT2D eigenvalue weighted by Gasteiger charge is 2.15.